The normalized spacial score (nSPS) is 16.4. The van der Waals surface area contributed by atoms with Crippen LogP contribution in [0, 0.1) is 13.8 Å². The van der Waals surface area contributed by atoms with Crippen LogP contribution < -0.4 is 10.2 Å². The van der Waals surface area contributed by atoms with Crippen LogP contribution in [0.25, 0.3) is 0 Å². The van der Waals surface area contributed by atoms with E-state index >= 15 is 0 Å². The number of carbonyl (C=O) groups excluding carboxylic acids is 1. The molecule has 0 radical (unpaired) electrons. The van der Waals surface area contributed by atoms with Gasteiger partial charge in [0.15, 0.2) is 0 Å². The lowest BCUT2D eigenvalue weighted by Gasteiger charge is -2.39. The number of anilines is 1. The second-order valence-corrected chi connectivity index (χ2v) is 7.83. The van der Waals surface area contributed by atoms with Gasteiger partial charge in [0.2, 0.25) is 5.91 Å². The van der Waals surface area contributed by atoms with Gasteiger partial charge in [0.1, 0.15) is 0 Å². The van der Waals surface area contributed by atoms with Crippen LogP contribution in [0.3, 0.4) is 0 Å². The minimum Gasteiger partial charge on any atom is -0.369 e. The highest BCUT2D eigenvalue weighted by Crippen LogP contribution is 2.29. The molecular weight excluding hydrogens is 391 g/mol. The number of nitrogens with zero attached hydrogens (tertiary/aromatic N) is 2. The van der Waals surface area contributed by atoms with Crippen molar-refractivity contribution in [2.45, 2.75) is 39.5 Å². The van der Waals surface area contributed by atoms with Gasteiger partial charge in [-0.3, -0.25) is 9.69 Å². The van der Waals surface area contributed by atoms with Gasteiger partial charge < -0.3 is 10.2 Å². The highest BCUT2D eigenvalue weighted by Gasteiger charge is 2.30. The Labute approximate surface area is 175 Å². The summed E-state index contributed by atoms with van der Waals surface area (Å²) in [5, 5.41) is 2.77. The Bertz CT molecular complexity index is 890. The number of nitrogens with one attached hydrogen (secondary N) is 1. The van der Waals surface area contributed by atoms with Crippen LogP contribution in [0.1, 0.15) is 29.2 Å². The van der Waals surface area contributed by atoms with E-state index < -0.39 is 11.7 Å². The standard InChI is InChI=1S/C23H28F3N3O/c1-16-6-4-9-21(17(16)2)29-12-10-28(11-13-29)18(3)22(30)27-15-19-7-5-8-20(14-19)23(24,25)26/h4-9,14,18H,10-13,15H2,1-3H3,(H,27,30). The fraction of sp³-hybridized carbons (Fsp3) is 0.435. The van der Waals surface area contributed by atoms with Crippen molar-refractivity contribution < 1.29 is 18.0 Å². The van der Waals surface area contributed by atoms with Crippen molar-refractivity contribution in [1.82, 2.24) is 10.2 Å². The van der Waals surface area contributed by atoms with E-state index in [4.69, 9.17) is 0 Å². The molecule has 0 aromatic heterocycles. The van der Waals surface area contributed by atoms with Crippen LogP contribution >= 0.6 is 0 Å². The zero-order valence-corrected chi connectivity index (χ0v) is 17.6. The molecule has 1 N–H and O–H groups in total. The first-order valence-electron chi connectivity index (χ1n) is 10.2. The summed E-state index contributed by atoms with van der Waals surface area (Å²) in [5.41, 5.74) is 3.50. The molecule has 1 saturated heterocycles. The molecule has 1 amide bonds. The lowest BCUT2D eigenvalue weighted by atomic mass is 10.1. The molecule has 2 aromatic carbocycles. The number of rotatable bonds is 5. The minimum absolute atomic E-state index is 0.0789. The summed E-state index contributed by atoms with van der Waals surface area (Å²) in [7, 11) is 0. The largest absolute Gasteiger partial charge is 0.416 e. The highest BCUT2D eigenvalue weighted by molar-refractivity contribution is 5.81. The molecule has 1 atom stereocenters. The first kappa shape index (κ1) is 22.2. The molecule has 1 fully saturated rings. The molecule has 4 nitrogen and oxygen atoms in total. The van der Waals surface area contributed by atoms with Crippen LogP contribution in [0.5, 0.6) is 0 Å². The number of aryl methyl sites for hydroxylation is 1. The minimum atomic E-state index is -4.39. The van der Waals surface area contributed by atoms with Gasteiger partial charge in [-0.2, -0.15) is 13.2 Å². The number of alkyl halides is 3. The molecule has 162 valence electrons. The zero-order chi connectivity index (χ0) is 21.9. The Morgan fingerprint density at radius 3 is 2.40 bits per heavy atom. The third kappa shape index (κ3) is 5.14. The van der Waals surface area contributed by atoms with Gasteiger partial charge in [0.25, 0.3) is 0 Å². The van der Waals surface area contributed by atoms with Crippen LogP contribution in [-0.4, -0.2) is 43.0 Å². The summed E-state index contributed by atoms with van der Waals surface area (Å²) in [4.78, 5) is 17.0. The lowest BCUT2D eigenvalue weighted by Crippen LogP contribution is -2.54. The van der Waals surface area contributed by atoms with E-state index in [0.717, 1.165) is 38.3 Å². The Hall–Kier alpha value is -2.54. The SMILES string of the molecule is Cc1cccc(N2CCN(C(C)C(=O)NCc3cccc(C(F)(F)F)c3)CC2)c1C. The Balaban J connectivity index is 1.53. The van der Waals surface area contributed by atoms with Crippen molar-refractivity contribution in [3.8, 4) is 0 Å². The van der Waals surface area contributed by atoms with E-state index in [1.54, 1.807) is 6.07 Å². The first-order chi connectivity index (χ1) is 14.2. The average molecular weight is 419 g/mol. The van der Waals surface area contributed by atoms with Gasteiger partial charge in [0, 0.05) is 38.4 Å². The third-order valence-corrected chi connectivity index (χ3v) is 5.88. The van der Waals surface area contributed by atoms with Crippen molar-refractivity contribution in [1.29, 1.82) is 0 Å². The molecule has 2 aromatic rings. The van der Waals surface area contributed by atoms with E-state index in [1.807, 2.05) is 6.92 Å². The predicted octanol–water partition coefficient (Wildman–Crippen LogP) is 4.15. The van der Waals surface area contributed by atoms with E-state index in [-0.39, 0.29) is 18.5 Å². The molecule has 1 aliphatic heterocycles. The van der Waals surface area contributed by atoms with E-state index in [1.165, 1.54) is 22.9 Å². The van der Waals surface area contributed by atoms with E-state index in [0.29, 0.717) is 5.56 Å². The first-order valence-corrected chi connectivity index (χ1v) is 10.2. The molecule has 0 aliphatic carbocycles. The number of carbonyl (C=O) groups is 1. The predicted molar refractivity (Wildman–Crippen MR) is 112 cm³/mol. The van der Waals surface area contributed by atoms with Gasteiger partial charge in [-0.25, -0.2) is 0 Å². The topological polar surface area (TPSA) is 35.6 Å². The highest BCUT2D eigenvalue weighted by atomic mass is 19.4. The quantitative estimate of drug-likeness (QED) is 0.791. The number of benzene rings is 2. The van der Waals surface area contributed by atoms with Crippen molar-refractivity contribution in [3.63, 3.8) is 0 Å². The number of amides is 1. The van der Waals surface area contributed by atoms with Gasteiger partial charge in [-0.15, -0.1) is 0 Å². The second kappa shape index (κ2) is 9.08. The summed E-state index contributed by atoms with van der Waals surface area (Å²) >= 11 is 0. The fourth-order valence-corrected chi connectivity index (χ4v) is 3.79. The molecule has 7 heteroatoms. The zero-order valence-electron chi connectivity index (χ0n) is 17.6. The van der Waals surface area contributed by atoms with Gasteiger partial charge in [0.05, 0.1) is 11.6 Å². The van der Waals surface area contributed by atoms with Crippen molar-refractivity contribution in [3.05, 3.63) is 64.7 Å². The molecular formula is C23H28F3N3O. The lowest BCUT2D eigenvalue weighted by molar-refractivity contribution is -0.137. The monoisotopic (exact) mass is 419 g/mol. The summed E-state index contributed by atoms with van der Waals surface area (Å²) in [6, 6.07) is 11.0. The van der Waals surface area contributed by atoms with Crippen molar-refractivity contribution in [2.75, 3.05) is 31.1 Å². The molecule has 0 spiro atoms. The molecule has 3 rings (SSSR count). The Morgan fingerprint density at radius 1 is 1.07 bits per heavy atom. The molecule has 1 unspecified atom stereocenters. The van der Waals surface area contributed by atoms with Crippen LogP contribution in [-0.2, 0) is 17.5 Å². The van der Waals surface area contributed by atoms with Crippen LogP contribution in [0.2, 0.25) is 0 Å². The van der Waals surface area contributed by atoms with E-state index in [9.17, 15) is 18.0 Å². The molecule has 0 saturated carbocycles. The van der Waals surface area contributed by atoms with Crippen molar-refractivity contribution in [2.24, 2.45) is 0 Å². The molecule has 1 heterocycles. The Morgan fingerprint density at radius 2 is 1.73 bits per heavy atom. The maximum absolute atomic E-state index is 12.8. The van der Waals surface area contributed by atoms with Gasteiger partial charge in [-0.05, 0) is 55.7 Å². The fourth-order valence-electron chi connectivity index (χ4n) is 3.79. The van der Waals surface area contributed by atoms with Crippen LogP contribution in [0.4, 0.5) is 18.9 Å². The third-order valence-electron chi connectivity index (χ3n) is 5.88. The molecule has 30 heavy (non-hydrogen) atoms. The summed E-state index contributed by atoms with van der Waals surface area (Å²) in [6.45, 7) is 9.32. The van der Waals surface area contributed by atoms with E-state index in [2.05, 4.69) is 47.2 Å². The number of halogens is 3. The number of piperazine rings is 1. The Kier molecular flexibility index (Phi) is 6.71. The smallest absolute Gasteiger partial charge is 0.369 e. The average Bonchev–Trinajstić information content (AvgIpc) is 2.73. The molecule has 0 bridgehead atoms. The summed E-state index contributed by atoms with van der Waals surface area (Å²) in [5.74, 6) is -0.174. The number of hydrogen-bond acceptors (Lipinski definition) is 3. The maximum Gasteiger partial charge on any atom is 0.416 e. The van der Waals surface area contributed by atoms with Gasteiger partial charge in [-0.1, -0.05) is 24.3 Å². The summed E-state index contributed by atoms with van der Waals surface area (Å²) in [6.07, 6.45) is -4.39. The summed E-state index contributed by atoms with van der Waals surface area (Å²) < 4.78 is 38.5. The van der Waals surface area contributed by atoms with Crippen LogP contribution in [0.15, 0.2) is 42.5 Å². The van der Waals surface area contributed by atoms with Gasteiger partial charge >= 0.3 is 6.18 Å². The maximum atomic E-state index is 12.8. The molecule has 1 aliphatic rings. The second-order valence-electron chi connectivity index (χ2n) is 7.83. The van der Waals surface area contributed by atoms with Crippen molar-refractivity contribution >= 4 is 11.6 Å². The number of hydrogen-bond donors (Lipinski definition) is 1.